The number of nitrogens with zero attached hydrogens (tertiary/aromatic N) is 2. The summed E-state index contributed by atoms with van der Waals surface area (Å²) in [7, 11) is 0. The summed E-state index contributed by atoms with van der Waals surface area (Å²) in [4.78, 5) is 15.5. The van der Waals surface area contributed by atoms with Crippen LogP contribution in [0.25, 0.3) is 0 Å². The molecule has 2 aliphatic rings. The zero-order valence-electron chi connectivity index (χ0n) is 12.3. The minimum Gasteiger partial charge on any atom is -0.390 e. The Bertz CT molecular complexity index is 300. The molecule has 2 aliphatic heterocycles. The number of piperidine rings is 1. The molecule has 2 rings (SSSR count). The van der Waals surface area contributed by atoms with E-state index in [1.165, 1.54) is 0 Å². The molecular weight excluding hydrogens is 256 g/mol. The van der Waals surface area contributed by atoms with E-state index in [4.69, 9.17) is 5.73 Å². The lowest BCUT2D eigenvalue weighted by Crippen LogP contribution is -2.49. The number of carbonyl (C=O) groups is 1. The van der Waals surface area contributed by atoms with Crippen molar-refractivity contribution in [3.8, 4) is 0 Å². The standard InChI is InChI=1S/C14H28N4O2/c15-14(20)9-12-1-5-17(6-2-12)10-13(19)11-18-7-3-16-4-8-18/h12-13,16,19H,1-11H2,(H2,15,20). The van der Waals surface area contributed by atoms with Crippen LogP contribution in [0.1, 0.15) is 19.3 Å². The second-order valence-corrected chi connectivity index (χ2v) is 6.12. The Morgan fingerprint density at radius 2 is 1.70 bits per heavy atom. The molecule has 0 bridgehead atoms. The van der Waals surface area contributed by atoms with Gasteiger partial charge in [-0.2, -0.15) is 0 Å². The quantitative estimate of drug-likeness (QED) is 0.573. The van der Waals surface area contributed by atoms with Gasteiger partial charge in [-0.25, -0.2) is 0 Å². The Kier molecular flexibility index (Phi) is 6.22. The number of likely N-dealkylation sites (tertiary alicyclic amines) is 1. The summed E-state index contributed by atoms with van der Waals surface area (Å²) in [5.74, 6) is 0.247. The van der Waals surface area contributed by atoms with Gasteiger partial charge in [-0.3, -0.25) is 9.69 Å². The summed E-state index contributed by atoms with van der Waals surface area (Å²) < 4.78 is 0. The van der Waals surface area contributed by atoms with Crippen molar-refractivity contribution in [3.05, 3.63) is 0 Å². The SMILES string of the molecule is NC(=O)CC1CCN(CC(O)CN2CCNCC2)CC1. The first-order chi connectivity index (χ1) is 9.63. The highest BCUT2D eigenvalue weighted by atomic mass is 16.3. The molecule has 1 atom stereocenters. The number of nitrogens with one attached hydrogen (secondary N) is 1. The van der Waals surface area contributed by atoms with Gasteiger partial charge in [-0.1, -0.05) is 0 Å². The maximum Gasteiger partial charge on any atom is 0.217 e. The van der Waals surface area contributed by atoms with Gasteiger partial charge >= 0.3 is 0 Å². The predicted molar refractivity (Wildman–Crippen MR) is 78.3 cm³/mol. The number of carbonyl (C=O) groups excluding carboxylic acids is 1. The maximum absolute atomic E-state index is 10.9. The minimum atomic E-state index is -0.277. The Morgan fingerprint density at radius 3 is 2.25 bits per heavy atom. The fourth-order valence-corrected chi connectivity index (χ4v) is 3.21. The highest BCUT2D eigenvalue weighted by Gasteiger charge is 2.23. The molecule has 20 heavy (non-hydrogen) atoms. The molecule has 0 saturated carbocycles. The van der Waals surface area contributed by atoms with E-state index in [1.807, 2.05) is 0 Å². The molecule has 4 N–H and O–H groups in total. The van der Waals surface area contributed by atoms with E-state index in [9.17, 15) is 9.90 Å². The van der Waals surface area contributed by atoms with Gasteiger partial charge in [0.2, 0.25) is 5.91 Å². The molecule has 1 amide bonds. The molecule has 0 spiro atoms. The van der Waals surface area contributed by atoms with E-state index < -0.39 is 0 Å². The average Bonchev–Trinajstić information content (AvgIpc) is 2.41. The van der Waals surface area contributed by atoms with E-state index in [0.29, 0.717) is 12.3 Å². The van der Waals surface area contributed by atoms with Crippen LogP contribution in [-0.2, 0) is 4.79 Å². The Morgan fingerprint density at radius 1 is 1.15 bits per heavy atom. The zero-order chi connectivity index (χ0) is 14.4. The third kappa shape index (κ3) is 5.36. The molecule has 0 radical (unpaired) electrons. The molecule has 0 aromatic rings. The van der Waals surface area contributed by atoms with Crippen LogP contribution in [-0.4, -0.2) is 79.3 Å². The second-order valence-electron chi connectivity index (χ2n) is 6.12. The van der Waals surface area contributed by atoms with Crippen molar-refractivity contribution < 1.29 is 9.90 Å². The van der Waals surface area contributed by atoms with Crippen molar-refractivity contribution in [2.75, 3.05) is 52.4 Å². The second kappa shape index (κ2) is 7.93. The van der Waals surface area contributed by atoms with Crippen molar-refractivity contribution in [2.24, 2.45) is 11.7 Å². The first kappa shape index (κ1) is 15.7. The van der Waals surface area contributed by atoms with Crippen LogP contribution in [0, 0.1) is 5.92 Å². The molecule has 6 nitrogen and oxygen atoms in total. The van der Waals surface area contributed by atoms with Crippen LogP contribution in [0.4, 0.5) is 0 Å². The fraction of sp³-hybridized carbons (Fsp3) is 0.929. The number of rotatable bonds is 6. The van der Waals surface area contributed by atoms with Crippen LogP contribution >= 0.6 is 0 Å². The lowest BCUT2D eigenvalue weighted by molar-refractivity contribution is -0.119. The van der Waals surface area contributed by atoms with Crippen molar-refractivity contribution in [2.45, 2.75) is 25.4 Å². The fourth-order valence-electron chi connectivity index (χ4n) is 3.21. The number of aliphatic hydroxyl groups is 1. The first-order valence-electron chi connectivity index (χ1n) is 7.75. The van der Waals surface area contributed by atoms with Crippen LogP contribution in [0.5, 0.6) is 0 Å². The van der Waals surface area contributed by atoms with Gasteiger partial charge in [0, 0.05) is 45.7 Å². The molecule has 1 unspecified atom stereocenters. The first-order valence-corrected chi connectivity index (χ1v) is 7.75. The Labute approximate surface area is 121 Å². The van der Waals surface area contributed by atoms with Gasteiger partial charge in [0.1, 0.15) is 0 Å². The summed E-state index contributed by atoms with van der Waals surface area (Å²) in [5.41, 5.74) is 5.24. The van der Waals surface area contributed by atoms with Crippen molar-refractivity contribution in [3.63, 3.8) is 0 Å². The predicted octanol–water partition coefficient (Wildman–Crippen LogP) is -1.16. The minimum absolute atomic E-state index is 0.192. The van der Waals surface area contributed by atoms with Crippen LogP contribution in [0.15, 0.2) is 0 Å². The van der Waals surface area contributed by atoms with Crippen LogP contribution in [0.2, 0.25) is 0 Å². The topological polar surface area (TPSA) is 81.8 Å². The smallest absolute Gasteiger partial charge is 0.217 e. The highest BCUT2D eigenvalue weighted by molar-refractivity contribution is 5.73. The van der Waals surface area contributed by atoms with Crippen LogP contribution < -0.4 is 11.1 Å². The Balaban J connectivity index is 1.62. The normalized spacial score (nSPS) is 24.6. The number of β-amino-alcohol motifs (C(OH)–C–C–N with tert-alkyl or cyclic N) is 1. The van der Waals surface area contributed by atoms with Crippen molar-refractivity contribution in [1.29, 1.82) is 0 Å². The van der Waals surface area contributed by atoms with Crippen molar-refractivity contribution >= 4 is 5.91 Å². The van der Waals surface area contributed by atoms with Crippen molar-refractivity contribution in [1.82, 2.24) is 15.1 Å². The summed E-state index contributed by atoms with van der Waals surface area (Å²) >= 11 is 0. The van der Waals surface area contributed by atoms with Gasteiger partial charge in [0.05, 0.1) is 6.10 Å². The monoisotopic (exact) mass is 284 g/mol. The average molecular weight is 284 g/mol. The lowest BCUT2D eigenvalue weighted by Gasteiger charge is -2.34. The van der Waals surface area contributed by atoms with Gasteiger partial charge in [-0.05, 0) is 31.8 Å². The number of hydrogen-bond donors (Lipinski definition) is 3. The molecule has 2 heterocycles. The molecule has 0 aromatic heterocycles. The summed E-state index contributed by atoms with van der Waals surface area (Å²) in [6, 6.07) is 0. The third-order valence-electron chi connectivity index (χ3n) is 4.34. The van der Waals surface area contributed by atoms with E-state index in [-0.39, 0.29) is 12.0 Å². The van der Waals surface area contributed by atoms with Gasteiger partial charge in [-0.15, -0.1) is 0 Å². The zero-order valence-corrected chi connectivity index (χ0v) is 12.3. The molecular formula is C14H28N4O2. The summed E-state index contributed by atoms with van der Waals surface area (Å²) in [6.07, 6.45) is 2.27. The molecule has 2 fully saturated rings. The molecule has 116 valence electrons. The highest BCUT2D eigenvalue weighted by Crippen LogP contribution is 2.20. The molecule has 0 aliphatic carbocycles. The van der Waals surface area contributed by atoms with E-state index in [0.717, 1.165) is 65.2 Å². The largest absolute Gasteiger partial charge is 0.390 e. The van der Waals surface area contributed by atoms with Crippen LogP contribution in [0.3, 0.4) is 0 Å². The van der Waals surface area contributed by atoms with Gasteiger partial charge < -0.3 is 21.1 Å². The maximum atomic E-state index is 10.9. The number of hydrogen-bond acceptors (Lipinski definition) is 5. The summed E-state index contributed by atoms with van der Waals surface area (Å²) in [5, 5.41) is 13.5. The number of piperazine rings is 1. The van der Waals surface area contributed by atoms with E-state index >= 15 is 0 Å². The number of aliphatic hydroxyl groups excluding tert-OH is 1. The number of amides is 1. The van der Waals surface area contributed by atoms with E-state index in [2.05, 4.69) is 15.1 Å². The lowest BCUT2D eigenvalue weighted by atomic mass is 9.93. The van der Waals surface area contributed by atoms with Gasteiger partial charge in [0.15, 0.2) is 0 Å². The number of primary amides is 1. The van der Waals surface area contributed by atoms with E-state index in [1.54, 1.807) is 0 Å². The third-order valence-corrected chi connectivity index (χ3v) is 4.34. The Hall–Kier alpha value is -0.690. The molecule has 0 aromatic carbocycles. The summed E-state index contributed by atoms with van der Waals surface area (Å²) in [6.45, 7) is 7.54. The molecule has 2 saturated heterocycles. The molecule has 6 heteroatoms. The number of nitrogens with two attached hydrogens (primary N) is 1. The van der Waals surface area contributed by atoms with Gasteiger partial charge in [0.25, 0.3) is 0 Å².